The van der Waals surface area contributed by atoms with Crippen LogP contribution < -0.4 is 16.4 Å². The van der Waals surface area contributed by atoms with Gasteiger partial charge in [0.05, 0.1) is 11.4 Å². The van der Waals surface area contributed by atoms with E-state index < -0.39 is 0 Å². The molecule has 0 aliphatic heterocycles. The average molecular weight is 382 g/mol. The van der Waals surface area contributed by atoms with Crippen LogP contribution in [0.4, 0.5) is 5.82 Å². The highest BCUT2D eigenvalue weighted by Gasteiger charge is 2.16. The molecule has 0 spiro atoms. The third-order valence-electron chi connectivity index (χ3n) is 4.36. The summed E-state index contributed by atoms with van der Waals surface area (Å²) in [6.45, 7) is 6.67. The normalized spacial score (nSPS) is 11.2. The van der Waals surface area contributed by atoms with Gasteiger partial charge in [-0.15, -0.1) is 0 Å². The number of nitriles is 1. The summed E-state index contributed by atoms with van der Waals surface area (Å²) in [4.78, 5) is 4.61. The molecular weight excluding hydrogens is 350 g/mol. The average Bonchev–Trinajstić information content (AvgIpc) is 3.04. The summed E-state index contributed by atoms with van der Waals surface area (Å²) < 4.78 is 1.64. The maximum atomic E-state index is 9.48. The van der Waals surface area contributed by atoms with Crippen LogP contribution in [0.1, 0.15) is 50.8 Å². The molecule has 0 fully saturated rings. The number of nitrogens with zero attached hydrogens (tertiary/aromatic N) is 4. The Morgan fingerprint density at radius 2 is 1.96 bits per heavy atom. The predicted octanol–water partition coefficient (Wildman–Crippen LogP) is 3.00. The molecule has 0 saturated heterocycles. The first-order valence-electron chi connectivity index (χ1n) is 10.1. The molecule has 0 amide bonds. The second kappa shape index (κ2) is 11.7. The number of aliphatic imine (C=N–C) groups is 1. The van der Waals surface area contributed by atoms with Crippen molar-refractivity contribution in [3.8, 4) is 11.8 Å². The van der Waals surface area contributed by atoms with Gasteiger partial charge in [-0.3, -0.25) is 4.99 Å². The molecule has 0 bridgehead atoms. The molecular formula is C21H31N7. The number of benzene rings is 1. The number of hydrogen-bond donors (Lipinski definition) is 3. The van der Waals surface area contributed by atoms with Crippen molar-refractivity contribution >= 4 is 11.8 Å². The highest BCUT2D eigenvalue weighted by molar-refractivity contribution is 5.79. The van der Waals surface area contributed by atoms with Gasteiger partial charge in [-0.2, -0.15) is 10.4 Å². The summed E-state index contributed by atoms with van der Waals surface area (Å²) >= 11 is 0. The second-order valence-electron chi connectivity index (χ2n) is 6.56. The number of aromatic nitrogens is 2. The number of guanidine groups is 1. The van der Waals surface area contributed by atoms with Gasteiger partial charge in [-0.1, -0.05) is 38.0 Å². The van der Waals surface area contributed by atoms with Crippen LogP contribution >= 0.6 is 0 Å². The molecule has 2 aromatic rings. The van der Waals surface area contributed by atoms with Crippen LogP contribution in [0.5, 0.6) is 0 Å². The minimum absolute atomic E-state index is 0.387. The van der Waals surface area contributed by atoms with Gasteiger partial charge >= 0.3 is 0 Å². The Kier molecular flexibility index (Phi) is 8.86. The Hall–Kier alpha value is -3.01. The lowest BCUT2D eigenvalue weighted by molar-refractivity contribution is 0.681. The molecule has 0 aliphatic rings. The molecule has 1 aromatic carbocycles. The molecule has 4 N–H and O–H groups in total. The van der Waals surface area contributed by atoms with Gasteiger partial charge in [0.2, 0.25) is 0 Å². The van der Waals surface area contributed by atoms with E-state index in [9.17, 15) is 5.26 Å². The summed E-state index contributed by atoms with van der Waals surface area (Å²) in [7, 11) is 0. The van der Waals surface area contributed by atoms with Crippen molar-refractivity contribution < 1.29 is 0 Å². The van der Waals surface area contributed by atoms with E-state index in [1.54, 1.807) is 4.68 Å². The standard InChI is InChI=1S/C21H31N7/c1-3-5-9-14-25-21(24-4-2)26-15-10-13-19-18(16-22)20(23)28(27-19)17-11-7-6-8-12-17/h6-8,11-12H,3-5,9-10,13-15,23H2,1-2H3,(H2,24,25,26). The number of nitrogens with two attached hydrogens (primary N) is 1. The molecule has 150 valence electrons. The number of hydrogen-bond acceptors (Lipinski definition) is 4. The van der Waals surface area contributed by atoms with Crippen molar-refractivity contribution in [2.24, 2.45) is 4.99 Å². The summed E-state index contributed by atoms with van der Waals surface area (Å²) in [6.07, 6.45) is 5.02. The molecule has 0 unspecified atom stereocenters. The summed E-state index contributed by atoms with van der Waals surface area (Å²) in [5, 5.41) is 20.7. The second-order valence-corrected chi connectivity index (χ2v) is 6.56. The Morgan fingerprint density at radius 3 is 2.64 bits per heavy atom. The SMILES string of the molecule is CCCCCNC(=NCCCc1nn(-c2ccccc2)c(N)c1C#N)NCC. The number of anilines is 1. The van der Waals surface area contributed by atoms with Gasteiger partial charge in [0.1, 0.15) is 17.5 Å². The smallest absolute Gasteiger partial charge is 0.191 e. The van der Waals surface area contributed by atoms with Crippen LogP contribution in [0.25, 0.3) is 5.69 Å². The van der Waals surface area contributed by atoms with Crippen LogP contribution in [0.2, 0.25) is 0 Å². The van der Waals surface area contributed by atoms with E-state index >= 15 is 0 Å². The van der Waals surface area contributed by atoms with E-state index in [0.717, 1.165) is 43.3 Å². The number of para-hydroxylation sites is 1. The molecule has 0 atom stereocenters. The summed E-state index contributed by atoms with van der Waals surface area (Å²) in [5.74, 6) is 1.23. The van der Waals surface area contributed by atoms with Crippen molar-refractivity contribution in [1.82, 2.24) is 20.4 Å². The monoisotopic (exact) mass is 381 g/mol. The van der Waals surface area contributed by atoms with Crippen LogP contribution in [0, 0.1) is 11.3 Å². The highest BCUT2D eigenvalue weighted by atomic mass is 15.3. The Bertz CT molecular complexity index is 787. The van der Waals surface area contributed by atoms with Crippen LogP contribution in [-0.4, -0.2) is 35.4 Å². The minimum Gasteiger partial charge on any atom is -0.382 e. The fourth-order valence-corrected chi connectivity index (χ4v) is 2.90. The molecule has 0 radical (unpaired) electrons. The lowest BCUT2D eigenvalue weighted by Crippen LogP contribution is -2.37. The van der Waals surface area contributed by atoms with Crippen molar-refractivity contribution in [2.75, 3.05) is 25.4 Å². The third-order valence-corrected chi connectivity index (χ3v) is 4.36. The first kappa shape index (κ1) is 21.3. The maximum Gasteiger partial charge on any atom is 0.191 e. The maximum absolute atomic E-state index is 9.48. The third kappa shape index (κ3) is 6.02. The number of rotatable bonds is 10. The van der Waals surface area contributed by atoms with E-state index in [-0.39, 0.29) is 0 Å². The summed E-state index contributed by atoms with van der Waals surface area (Å²) in [5.41, 5.74) is 8.18. The van der Waals surface area contributed by atoms with E-state index in [2.05, 4.69) is 40.6 Å². The van der Waals surface area contributed by atoms with E-state index in [0.29, 0.717) is 24.3 Å². The van der Waals surface area contributed by atoms with E-state index in [1.165, 1.54) is 12.8 Å². The molecule has 2 rings (SSSR count). The predicted molar refractivity (Wildman–Crippen MR) is 115 cm³/mol. The zero-order valence-electron chi connectivity index (χ0n) is 16.9. The van der Waals surface area contributed by atoms with Gasteiger partial charge in [0.15, 0.2) is 5.96 Å². The molecule has 0 saturated carbocycles. The Labute approximate surface area is 167 Å². The van der Waals surface area contributed by atoms with E-state index in [1.807, 2.05) is 30.3 Å². The number of unbranched alkanes of at least 4 members (excludes halogenated alkanes) is 2. The molecule has 0 aliphatic carbocycles. The van der Waals surface area contributed by atoms with Gasteiger partial charge in [-0.05, 0) is 38.3 Å². The first-order chi connectivity index (χ1) is 13.7. The van der Waals surface area contributed by atoms with Crippen LogP contribution in [0.3, 0.4) is 0 Å². The van der Waals surface area contributed by atoms with Crippen molar-refractivity contribution in [2.45, 2.75) is 46.0 Å². The molecule has 7 nitrogen and oxygen atoms in total. The zero-order chi connectivity index (χ0) is 20.2. The van der Waals surface area contributed by atoms with Crippen LogP contribution in [0.15, 0.2) is 35.3 Å². The number of nitrogens with one attached hydrogen (secondary N) is 2. The molecule has 7 heteroatoms. The lowest BCUT2D eigenvalue weighted by atomic mass is 10.1. The van der Waals surface area contributed by atoms with Gasteiger partial charge in [0, 0.05) is 19.6 Å². The van der Waals surface area contributed by atoms with Crippen molar-refractivity contribution in [1.29, 1.82) is 5.26 Å². The lowest BCUT2D eigenvalue weighted by Gasteiger charge is -2.10. The number of nitrogen functional groups attached to an aromatic ring is 1. The molecule has 1 heterocycles. The first-order valence-corrected chi connectivity index (χ1v) is 10.1. The largest absolute Gasteiger partial charge is 0.382 e. The Balaban J connectivity index is 1.97. The highest BCUT2D eigenvalue weighted by Crippen LogP contribution is 2.21. The van der Waals surface area contributed by atoms with Gasteiger partial charge in [0.25, 0.3) is 0 Å². The van der Waals surface area contributed by atoms with E-state index in [4.69, 9.17) is 5.73 Å². The quantitative estimate of drug-likeness (QED) is 0.333. The topological polar surface area (TPSA) is 104 Å². The minimum atomic E-state index is 0.387. The Morgan fingerprint density at radius 1 is 1.18 bits per heavy atom. The fourth-order valence-electron chi connectivity index (χ4n) is 2.90. The van der Waals surface area contributed by atoms with Crippen molar-refractivity contribution in [3.63, 3.8) is 0 Å². The zero-order valence-corrected chi connectivity index (χ0v) is 16.9. The summed E-state index contributed by atoms with van der Waals surface area (Å²) in [6, 6.07) is 11.8. The number of aryl methyl sites for hydroxylation is 1. The van der Waals surface area contributed by atoms with Crippen molar-refractivity contribution in [3.05, 3.63) is 41.6 Å². The molecule has 1 aromatic heterocycles. The van der Waals surface area contributed by atoms with Gasteiger partial charge in [-0.25, -0.2) is 4.68 Å². The van der Waals surface area contributed by atoms with Gasteiger partial charge < -0.3 is 16.4 Å². The molecule has 28 heavy (non-hydrogen) atoms. The fraction of sp³-hybridized carbons (Fsp3) is 0.476. The van der Waals surface area contributed by atoms with Crippen LogP contribution in [-0.2, 0) is 6.42 Å².